The summed E-state index contributed by atoms with van der Waals surface area (Å²) in [6.07, 6.45) is 2.63. The first kappa shape index (κ1) is 22.8. The first-order chi connectivity index (χ1) is 9.95. The van der Waals surface area contributed by atoms with Crippen molar-refractivity contribution in [3.8, 4) is 0 Å². The van der Waals surface area contributed by atoms with Crippen molar-refractivity contribution >= 4 is 36.0 Å². The Labute approximate surface area is 173 Å². The van der Waals surface area contributed by atoms with Gasteiger partial charge in [0.15, 0.2) is 0 Å². The molecule has 0 amide bonds. The fraction of sp³-hybridized carbons (Fsp3) is 0.294. The predicted octanol–water partition coefficient (Wildman–Crippen LogP) is 4.87. The van der Waals surface area contributed by atoms with E-state index in [1.807, 2.05) is 19.6 Å². The fourth-order valence-electron chi connectivity index (χ4n) is 1.53. The standard InChI is InChI=1S/C14H16P2.C3H10NSi.Nd/c1-3-7-13(8-4-1)15-11-12-16-14-9-5-2-6-10-14;1-5(2,3)4;/h1-10,15-16H,11-12H2;4H,1-3H3;/q;-1;. The van der Waals surface area contributed by atoms with E-state index in [-0.39, 0.29) is 40.8 Å². The summed E-state index contributed by atoms with van der Waals surface area (Å²) in [7, 11) is 0.565. The summed E-state index contributed by atoms with van der Waals surface area (Å²) in [5, 5.41) is 10.0. The third-order valence-electron chi connectivity index (χ3n) is 2.33. The van der Waals surface area contributed by atoms with Crippen LogP contribution in [0.4, 0.5) is 0 Å². The van der Waals surface area contributed by atoms with Crippen LogP contribution in [0.15, 0.2) is 60.7 Å². The maximum absolute atomic E-state index is 7.08. The van der Waals surface area contributed by atoms with Crippen molar-refractivity contribution in [2.45, 2.75) is 19.6 Å². The molecule has 2 rings (SSSR count). The minimum Gasteiger partial charge on any atom is -0.680 e. The Hall–Kier alpha value is 0.828. The molecule has 0 fully saturated rings. The van der Waals surface area contributed by atoms with E-state index in [4.69, 9.17) is 5.40 Å². The zero-order valence-corrected chi connectivity index (χ0v) is 19.9. The van der Waals surface area contributed by atoms with Crippen LogP contribution in [0.3, 0.4) is 0 Å². The van der Waals surface area contributed by atoms with Gasteiger partial charge in [0.2, 0.25) is 0 Å². The Morgan fingerprint density at radius 1 is 0.727 bits per heavy atom. The minimum atomic E-state index is -1.36. The maximum Gasteiger partial charge on any atom is 0 e. The molecule has 0 aromatic heterocycles. The second-order valence-corrected chi connectivity index (χ2v) is 13.2. The second-order valence-electron chi connectivity index (χ2n) is 5.84. The smallest absolute Gasteiger partial charge is 0 e. The molecule has 0 radical (unpaired) electrons. The Morgan fingerprint density at radius 2 is 1.00 bits per heavy atom. The fourth-order valence-corrected chi connectivity index (χ4v) is 3.96. The monoisotopic (exact) mass is 476 g/mol. The van der Waals surface area contributed by atoms with E-state index in [1.165, 1.54) is 22.9 Å². The van der Waals surface area contributed by atoms with Crippen LogP contribution in [0.2, 0.25) is 19.6 Å². The molecule has 0 aliphatic rings. The van der Waals surface area contributed by atoms with Gasteiger partial charge in [0.1, 0.15) is 0 Å². The Bertz CT molecular complexity index is 442. The van der Waals surface area contributed by atoms with Gasteiger partial charge in [-0.1, -0.05) is 106 Å². The van der Waals surface area contributed by atoms with Gasteiger partial charge in [-0.3, -0.25) is 0 Å². The normalized spacial score (nSPS) is 11.3. The largest absolute Gasteiger partial charge is 0.680 e. The molecule has 5 heteroatoms. The van der Waals surface area contributed by atoms with Gasteiger partial charge in [0.25, 0.3) is 0 Å². The zero-order chi connectivity index (χ0) is 15.6. The molecule has 2 atom stereocenters. The van der Waals surface area contributed by atoms with E-state index in [1.54, 1.807) is 0 Å². The predicted molar refractivity (Wildman–Crippen MR) is 106 cm³/mol. The molecule has 0 saturated heterocycles. The van der Waals surface area contributed by atoms with Crippen molar-refractivity contribution in [2.24, 2.45) is 0 Å². The molecule has 0 spiro atoms. The molecule has 0 aliphatic carbocycles. The van der Waals surface area contributed by atoms with E-state index in [9.17, 15) is 0 Å². The van der Waals surface area contributed by atoms with E-state index in [0.717, 1.165) is 17.2 Å². The van der Waals surface area contributed by atoms with Gasteiger partial charge in [-0.15, -0.1) is 0 Å². The summed E-state index contributed by atoms with van der Waals surface area (Å²) in [6.45, 7) is 5.98. The van der Waals surface area contributed by atoms with Crippen LogP contribution in [0, 0.1) is 40.8 Å². The zero-order valence-electron chi connectivity index (χ0n) is 13.7. The van der Waals surface area contributed by atoms with Crippen molar-refractivity contribution in [1.82, 2.24) is 0 Å². The third-order valence-corrected chi connectivity index (χ3v) is 5.31. The van der Waals surface area contributed by atoms with E-state index in [0.29, 0.717) is 0 Å². The minimum absolute atomic E-state index is 0. The average Bonchev–Trinajstić information content (AvgIpc) is 2.44. The molecule has 2 aromatic carbocycles. The van der Waals surface area contributed by atoms with Gasteiger partial charge in [-0.2, -0.15) is 0 Å². The van der Waals surface area contributed by atoms with Gasteiger partial charge in [0.05, 0.1) is 0 Å². The second kappa shape index (κ2) is 13.2. The summed E-state index contributed by atoms with van der Waals surface area (Å²) in [5.41, 5.74) is 0. The summed E-state index contributed by atoms with van der Waals surface area (Å²) in [5.74, 6) is 0. The quantitative estimate of drug-likeness (QED) is 0.333. The number of rotatable bonds is 5. The molecule has 1 nitrogen and oxygen atoms in total. The first-order valence-corrected chi connectivity index (χ1v) is 13.2. The van der Waals surface area contributed by atoms with Crippen LogP contribution < -0.4 is 10.6 Å². The maximum atomic E-state index is 7.08. The van der Waals surface area contributed by atoms with Crippen LogP contribution in [-0.4, -0.2) is 20.6 Å². The number of benzene rings is 2. The first-order valence-electron chi connectivity index (χ1n) is 7.28. The molecule has 2 unspecified atom stereocenters. The van der Waals surface area contributed by atoms with Gasteiger partial charge >= 0.3 is 0 Å². The molecule has 1 N–H and O–H groups in total. The summed E-state index contributed by atoms with van der Waals surface area (Å²) in [4.78, 5) is 0. The molecule has 0 saturated carbocycles. The SMILES string of the molecule is C[Si](C)(C)[NH-].[Nd].c1ccc(PCCPc2ccccc2)cc1. The van der Waals surface area contributed by atoms with E-state index >= 15 is 0 Å². The van der Waals surface area contributed by atoms with Crippen LogP contribution >= 0.6 is 17.2 Å². The van der Waals surface area contributed by atoms with Crippen LogP contribution in [0.5, 0.6) is 0 Å². The van der Waals surface area contributed by atoms with Crippen molar-refractivity contribution in [3.63, 3.8) is 0 Å². The van der Waals surface area contributed by atoms with Crippen LogP contribution in [-0.2, 0) is 0 Å². The van der Waals surface area contributed by atoms with Gasteiger partial charge in [0, 0.05) is 40.8 Å². The topological polar surface area (TPSA) is 23.8 Å². The van der Waals surface area contributed by atoms with E-state index in [2.05, 4.69) is 60.7 Å². The van der Waals surface area contributed by atoms with Crippen LogP contribution in [0.25, 0.3) is 5.40 Å². The summed E-state index contributed by atoms with van der Waals surface area (Å²) in [6, 6.07) is 21.6. The summed E-state index contributed by atoms with van der Waals surface area (Å²) >= 11 is 0. The van der Waals surface area contributed by atoms with Gasteiger partial charge in [-0.25, -0.2) is 0 Å². The molecule has 0 bridgehead atoms. The molecule has 22 heavy (non-hydrogen) atoms. The molecule has 0 heterocycles. The van der Waals surface area contributed by atoms with E-state index < -0.39 is 8.24 Å². The van der Waals surface area contributed by atoms with Crippen molar-refractivity contribution < 1.29 is 40.8 Å². The molecular weight excluding hydrogens is 452 g/mol. The summed E-state index contributed by atoms with van der Waals surface area (Å²) < 4.78 is 0. The molecular formula is C17H26NNdP2Si-. The van der Waals surface area contributed by atoms with Gasteiger partial charge in [-0.05, 0) is 22.9 Å². The van der Waals surface area contributed by atoms with Gasteiger partial charge < -0.3 is 5.40 Å². The molecule has 2 aromatic rings. The molecule has 0 aliphatic heterocycles. The van der Waals surface area contributed by atoms with Crippen LogP contribution in [0.1, 0.15) is 0 Å². The Kier molecular flexibility index (Phi) is 13.7. The Morgan fingerprint density at radius 3 is 1.27 bits per heavy atom. The number of hydrogen-bond donors (Lipinski definition) is 0. The molecule has 118 valence electrons. The number of nitrogens with one attached hydrogen (secondary N) is 1. The van der Waals surface area contributed by atoms with Crippen molar-refractivity contribution in [1.29, 1.82) is 0 Å². The number of hydrogen-bond acceptors (Lipinski definition) is 0. The third kappa shape index (κ3) is 14.4. The van der Waals surface area contributed by atoms with Crippen molar-refractivity contribution in [3.05, 3.63) is 66.1 Å². The van der Waals surface area contributed by atoms with Crippen molar-refractivity contribution in [2.75, 3.05) is 12.3 Å². The average molecular weight is 479 g/mol. The Balaban J connectivity index is 0.000000644.